The SMILES string of the molecule is C#CCCNc1nonc1-c1nc2ccccc2n1CC(=O)c1ccc(NC(=O)[C@@H](N)CCCCN)cc1. The molecule has 1 atom stereocenters. The van der Waals surface area contributed by atoms with Crippen molar-refractivity contribution in [1.82, 2.24) is 19.9 Å². The predicted octanol–water partition coefficient (Wildman–Crippen LogP) is 2.80. The molecule has 0 saturated heterocycles. The smallest absolute Gasteiger partial charge is 0.241 e. The average Bonchev–Trinajstić information content (AvgIpc) is 3.53. The van der Waals surface area contributed by atoms with Gasteiger partial charge in [0.25, 0.3) is 0 Å². The van der Waals surface area contributed by atoms with E-state index in [9.17, 15) is 9.59 Å². The third kappa shape index (κ3) is 6.23. The number of carbonyl (C=O) groups is 2. The summed E-state index contributed by atoms with van der Waals surface area (Å²) in [5.41, 5.74) is 14.3. The summed E-state index contributed by atoms with van der Waals surface area (Å²) in [4.78, 5) is 30.3. The molecule has 11 nitrogen and oxygen atoms in total. The molecular formula is C27H30N8O3. The Labute approximate surface area is 219 Å². The Balaban J connectivity index is 1.51. The minimum atomic E-state index is -0.618. The fourth-order valence-corrected chi connectivity index (χ4v) is 3.97. The van der Waals surface area contributed by atoms with Gasteiger partial charge in [0.05, 0.1) is 23.6 Å². The number of rotatable bonds is 13. The number of nitrogens with zero attached hydrogens (tertiary/aromatic N) is 4. The van der Waals surface area contributed by atoms with E-state index in [-0.39, 0.29) is 18.2 Å². The minimum Gasteiger partial charge on any atom is -0.364 e. The number of imidazole rings is 1. The lowest BCUT2D eigenvalue weighted by Crippen LogP contribution is -2.35. The summed E-state index contributed by atoms with van der Waals surface area (Å²) in [5.74, 6) is 2.97. The van der Waals surface area contributed by atoms with Gasteiger partial charge in [-0.2, -0.15) is 0 Å². The van der Waals surface area contributed by atoms with E-state index >= 15 is 0 Å². The second kappa shape index (κ2) is 12.6. The monoisotopic (exact) mass is 514 g/mol. The number of ketones is 1. The first-order valence-corrected chi connectivity index (χ1v) is 12.4. The Morgan fingerprint density at radius 1 is 1.11 bits per heavy atom. The minimum absolute atomic E-state index is 0.00419. The highest BCUT2D eigenvalue weighted by Crippen LogP contribution is 2.28. The Morgan fingerprint density at radius 2 is 1.89 bits per heavy atom. The molecule has 196 valence electrons. The number of nitrogens with one attached hydrogen (secondary N) is 2. The molecule has 0 saturated carbocycles. The number of hydrogen-bond donors (Lipinski definition) is 4. The molecule has 11 heteroatoms. The quantitative estimate of drug-likeness (QED) is 0.119. The molecule has 2 aromatic carbocycles. The summed E-state index contributed by atoms with van der Waals surface area (Å²) in [7, 11) is 0. The van der Waals surface area contributed by atoms with E-state index in [2.05, 4.69) is 31.9 Å². The number of benzene rings is 2. The number of para-hydroxylation sites is 2. The van der Waals surface area contributed by atoms with Gasteiger partial charge in [-0.1, -0.05) is 18.6 Å². The van der Waals surface area contributed by atoms with Gasteiger partial charge in [0.2, 0.25) is 11.7 Å². The van der Waals surface area contributed by atoms with Gasteiger partial charge in [0.1, 0.15) is 0 Å². The van der Waals surface area contributed by atoms with Gasteiger partial charge in [-0.05, 0) is 66.1 Å². The van der Waals surface area contributed by atoms with Crippen molar-refractivity contribution in [3.8, 4) is 23.9 Å². The number of terminal acetylenes is 1. The summed E-state index contributed by atoms with van der Waals surface area (Å²) < 4.78 is 6.74. The Bertz CT molecular complexity index is 1430. The van der Waals surface area contributed by atoms with Crippen molar-refractivity contribution in [2.24, 2.45) is 11.5 Å². The molecule has 0 fully saturated rings. The van der Waals surface area contributed by atoms with E-state index in [1.165, 1.54) is 0 Å². The number of carbonyl (C=O) groups excluding carboxylic acids is 2. The average molecular weight is 515 g/mol. The van der Waals surface area contributed by atoms with Gasteiger partial charge in [0, 0.05) is 24.2 Å². The van der Waals surface area contributed by atoms with Crippen LogP contribution in [0, 0.1) is 12.3 Å². The van der Waals surface area contributed by atoms with Crippen LogP contribution < -0.4 is 22.1 Å². The lowest BCUT2D eigenvalue weighted by Gasteiger charge is -2.12. The number of aromatic nitrogens is 4. The van der Waals surface area contributed by atoms with Crippen molar-refractivity contribution in [2.75, 3.05) is 23.7 Å². The lowest BCUT2D eigenvalue weighted by molar-refractivity contribution is -0.117. The van der Waals surface area contributed by atoms with Crippen LogP contribution in [0.5, 0.6) is 0 Å². The highest BCUT2D eigenvalue weighted by Gasteiger charge is 2.22. The van der Waals surface area contributed by atoms with Gasteiger partial charge in [-0.3, -0.25) is 9.59 Å². The molecule has 6 N–H and O–H groups in total. The largest absolute Gasteiger partial charge is 0.364 e. The molecule has 0 aliphatic rings. The molecule has 0 spiro atoms. The van der Waals surface area contributed by atoms with Gasteiger partial charge in [-0.25, -0.2) is 9.61 Å². The van der Waals surface area contributed by atoms with Crippen molar-refractivity contribution in [3.05, 3.63) is 54.1 Å². The van der Waals surface area contributed by atoms with Crippen molar-refractivity contribution in [3.63, 3.8) is 0 Å². The van der Waals surface area contributed by atoms with Crippen LogP contribution in [0.2, 0.25) is 0 Å². The van der Waals surface area contributed by atoms with Crippen molar-refractivity contribution >= 4 is 34.2 Å². The number of anilines is 2. The zero-order valence-electron chi connectivity index (χ0n) is 20.9. The maximum Gasteiger partial charge on any atom is 0.241 e. The van der Waals surface area contributed by atoms with Crippen LogP contribution in [0.1, 0.15) is 36.0 Å². The number of fused-ring (bicyclic) bond motifs is 1. The molecular weight excluding hydrogens is 484 g/mol. The van der Waals surface area contributed by atoms with Crippen molar-refractivity contribution < 1.29 is 14.2 Å². The maximum atomic E-state index is 13.3. The summed E-state index contributed by atoms with van der Waals surface area (Å²) in [6.07, 6.45) is 8.00. The Kier molecular flexibility index (Phi) is 8.81. The zero-order valence-corrected chi connectivity index (χ0v) is 20.9. The van der Waals surface area contributed by atoms with Crippen LogP contribution in [0.4, 0.5) is 11.5 Å². The molecule has 2 heterocycles. The first kappa shape index (κ1) is 26.5. The summed E-state index contributed by atoms with van der Waals surface area (Å²) in [6, 6.07) is 13.6. The summed E-state index contributed by atoms with van der Waals surface area (Å²) in [6.45, 7) is 1.06. The first-order chi connectivity index (χ1) is 18.5. The third-order valence-electron chi connectivity index (χ3n) is 6.00. The number of hydrogen-bond acceptors (Lipinski definition) is 9. The standard InChI is InChI=1S/C27H30N8O3/c1-2-3-16-30-25-24(33-38-34-25)26-32-21-9-4-5-10-22(21)35(26)17-23(36)18-11-13-19(14-12-18)31-27(37)20(29)8-6-7-15-28/h1,4-5,9-14,20H,3,6-8,15-17,28-29H2,(H,30,34)(H,31,37)/t20-/m0/s1. The topological polar surface area (TPSA) is 167 Å². The van der Waals surface area contributed by atoms with Crippen LogP contribution in [-0.2, 0) is 11.3 Å². The van der Waals surface area contributed by atoms with Gasteiger partial charge >= 0.3 is 0 Å². The van der Waals surface area contributed by atoms with E-state index in [4.69, 9.17) is 22.5 Å². The summed E-state index contributed by atoms with van der Waals surface area (Å²) >= 11 is 0. The molecule has 0 aliphatic heterocycles. The fourth-order valence-electron chi connectivity index (χ4n) is 3.97. The summed E-state index contributed by atoms with van der Waals surface area (Å²) in [5, 5.41) is 13.8. The molecule has 0 aliphatic carbocycles. The third-order valence-corrected chi connectivity index (χ3v) is 6.00. The molecule has 2 aromatic heterocycles. The number of unbranched alkanes of at least 4 members (excludes halogenated alkanes) is 1. The highest BCUT2D eigenvalue weighted by molar-refractivity contribution is 5.99. The number of amides is 1. The van der Waals surface area contributed by atoms with Crippen LogP contribution in [-0.4, -0.2) is 50.7 Å². The van der Waals surface area contributed by atoms with Crippen molar-refractivity contribution in [1.29, 1.82) is 0 Å². The zero-order chi connectivity index (χ0) is 26.9. The normalized spacial score (nSPS) is 11.7. The highest BCUT2D eigenvalue weighted by atomic mass is 16.6. The Morgan fingerprint density at radius 3 is 2.66 bits per heavy atom. The molecule has 4 aromatic rings. The number of nitrogens with two attached hydrogens (primary N) is 2. The van der Waals surface area contributed by atoms with Crippen molar-refractivity contribution in [2.45, 2.75) is 38.3 Å². The van der Waals surface area contributed by atoms with E-state index in [0.717, 1.165) is 18.4 Å². The molecule has 0 bridgehead atoms. The molecule has 38 heavy (non-hydrogen) atoms. The molecule has 4 rings (SSSR count). The van der Waals surface area contributed by atoms with Gasteiger partial charge in [-0.15, -0.1) is 12.3 Å². The molecule has 1 amide bonds. The Hall–Kier alpha value is -4.53. The van der Waals surface area contributed by atoms with Crippen LogP contribution >= 0.6 is 0 Å². The van der Waals surface area contributed by atoms with Gasteiger partial charge in [0.15, 0.2) is 17.3 Å². The van der Waals surface area contributed by atoms with E-state index < -0.39 is 6.04 Å². The van der Waals surface area contributed by atoms with Gasteiger partial charge < -0.3 is 26.7 Å². The van der Waals surface area contributed by atoms with E-state index in [1.807, 2.05) is 24.3 Å². The fraction of sp³-hybridized carbons (Fsp3) is 0.296. The molecule has 0 unspecified atom stereocenters. The first-order valence-electron chi connectivity index (χ1n) is 12.4. The van der Waals surface area contributed by atoms with E-state index in [1.54, 1.807) is 28.8 Å². The lowest BCUT2D eigenvalue weighted by atomic mass is 10.1. The van der Waals surface area contributed by atoms with E-state index in [0.29, 0.717) is 60.0 Å². The van der Waals surface area contributed by atoms with Crippen LogP contribution in [0.15, 0.2) is 53.2 Å². The number of Topliss-reactive ketones (excluding diaryl/α,β-unsaturated/α-hetero) is 1. The second-order valence-corrected chi connectivity index (χ2v) is 8.73. The van der Waals surface area contributed by atoms with Crippen LogP contribution in [0.25, 0.3) is 22.6 Å². The maximum absolute atomic E-state index is 13.3. The molecule has 0 radical (unpaired) electrons. The van der Waals surface area contributed by atoms with Crippen LogP contribution in [0.3, 0.4) is 0 Å². The predicted molar refractivity (Wildman–Crippen MR) is 145 cm³/mol. The second-order valence-electron chi connectivity index (χ2n) is 8.73.